The lowest BCUT2D eigenvalue weighted by Crippen LogP contribution is -1.97. The first-order valence-corrected chi connectivity index (χ1v) is 10.3. The van der Waals surface area contributed by atoms with Crippen molar-refractivity contribution in [3.8, 4) is 0 Å². The topological polar surface area (TPSA) is 78.9 Å². The fourth-order valence-electron chi connectivity index (χ4n) is 3.72. The maximum absolute atomic E-state index is 14.9. The summed E-state index contributed by atoms with van der Waals surface area (Å²) in [6.07, 6.45) is 8.10. The van der Waals surface area contributed by atoms with E-state index in [1.807, 2.05) is 43.3 Å². The SMILES string of the molecule is CCC(=C(c1ccc(C=CC(=O)O)cc1)c1cc(F)c2[nH]ncc2c1)c1ccncc1Cl. The molecule has 0 amide bonds. The van der Waals surface area contributed by atoms with E-state index in [9.17, 15) is 9.18 Å². The molecule has 2 aromatic carbocycles. The molecule has 0 saturated heterocycles. The third-order valence-electron chi connectivity index (χ3n) is 5.16. The Morgan fingerprint density at radius 1 is 1.16 bits per heavy atom. The molecule has 2 heterocycles. The van der Waals surface area contributed by atoms with Crippen LogP contribution in [-0.2, 0) is 4.79 Å². The number of nitrogens with zero attached hydrogens (tertiary/aromatic N) is 2. The first-order valence-electron chi connectivity index (χ1n) is 9.95. The zero-order valence-corrected chi connectivity index (χ0v) is 17.9. The monoisotopic (exact) mass is 447 g/mol. The number of pyridine rings is 1. The summed E-state index contributed by atoms with van der Waals surface area (Å²) in [5.74, 6) is -1.41. The largest absolute Gasteiger partial charge is 0.478 e. The predicted octanol–water partition coefficient (Wildman–Crippen LogP) is 6.22. The lowest BCUT2D eigenvalue weighted by atomic mass is 9.87. The molecule has 0 aliphatic heterocycles. The van der Waals surface area contributed by atoms with Gasteiger partial charge in [-0.1, -0.05) is 42.8 Å². The third kappa shape index (κ3) is 4.31. The minimum atomic E-state index is -1.01. The molecule has 160 valence electrons. The van der Waals surface area contributed by atoms with Gasteiger partial charge in [0, 0.05) is 23.9 Å². The lowest BCUT2D eigenvalue weighted by molar-refractivity contribution is -0.131. The van der Waals surface area contributed by atoms with Crippen LogP contribution in [0.3, 0.4) is 0 Å². The Labute approximate surface area is 188 Å². The number of H-pyrrole nitrogens is 1. The number of aromatic nitrogens is 3. The normalized spacial score (nSPS) is 12.3. The first kappa shape index (κ1) is 21.5. The molecule has 0 saturated carbocycles. The van der Waals surface area contributed by atoms with Crippen LogP contribution in [0.1, 0.15) is 35.6 Å². The molecule has 5 nitrogen and oxygen atoms in total. The summed E-state index contributed by atoms with van der Waals surface area (Å²) < 4.78 is 14.9. The molecule has 32 heavy (non-hydrogen) atoms. The molecular formula is C25H19ClFN3O2. The van der Waals surface area contributed by atoms with Gasteiger partial charge in [-0.25, -0.2) is 9.18 Å². The Morgan fingerprint density at radius 2 is 1.94 bits per heavy atom. The van der Waals surface area contributed by atoms with E-state index in [-0.39, 0.29) is 0 Å². The quantitative estimate of drug-likeness (QED) is 0.344. The van der Waals surface area contributed by atoms with Gasteiger partial charge in [-0.05, 0) is 64.1 Å². The summed E-state index contributed by atoms with van der Waals surface area (Å²) >= 11 is 6.47. The number of rotatable bonds is 6. The van der Waals surface area contributed by atoms with E-state index < -0.39 is 11.8 Å². The van der Waals surface area contributed by atoms with Crippen LogP contribution < -0.4 is 0 Å². The molecule has 0 aliphatic rings. The van der Waals surface area contributed by atoms with Gasteiger partial charge in [-0.3, -0.25) is 10.1 Å². The second kappa shape index (κ2) is 9.16. The fourth-order valence-corrected chi connectivity index (χ4v) is 3.96. The molecule has 0 bridgehead atoms. The Bertz CT molecular complexity index is 1360. The molecule has 4 rings (SSSR count). The van der Waals surface area contributed by atoms with E-state index in [1.54, 1.807) is 18.6 Å². The van der Waals surface area contributed by atoms with Crippen LogP contribution in [-0.4, -0.2) is 26.3 Å². The Balaban J connectivity index is 1.96. The smallest absolute Gasteiger partial charge is 0.328 e. The number of benzene rings is 2. The number of hydrogen-bond acceptors (Lipinski definition) is 3. The van der Waals surface area contributed by atoms with E-state index in [4.69, 9.17) is 16.7 Å². The van der Waals surface area contributed by atoms with Crippen LogP contribution in [0.25, 0.3) is 28.1 Å². The summed E-state index contributed by atoms with van der Waals surface area (Å²) in [4.78, 5) is 14.9. The number of fused-ring (bicyclic) bond motifs is 1. The lowest BCUT2D eigenvalue weighted by Gasteiger charge is -2.17. The van der Waals surface area contributed by atoms with Gasteiger partial charge >= 0.3 is 5.97 Å². The number of carboxylic acid groups (broad SMARTS) is 1. The highest BCUT2D eigenvalue weighted by Gasteiger charge is 2.17. The van der Waals surface area contributed by atoms with Gasteiger partial charge < -0.3 is 5.11 Å². The molecule has 0 fully saturated rings. The Kier molecular flexibility index (Phi) is 6.14. The average molecular weight is 448 g/mol. The predicted molar refractivity (Wildman–Crippen MR) is 125 cm³/mol. The van der Waals surface area contributed by atoms with E-state index in [0.717, 1.165) is 33.9 Å². The molecule has 7 heteroatoms. The highest BCUT2D eigenvalue weighted by Crippen LogP contribution is 2.38. The number of allylic oxidation sites excluding steroid dienone is 1. The molecule has 2 N–H and O–H groups in total. The standard InChI is InChI=1S/C25H19ClFN3O2/c1-2-19(20-9-10-28-14-21(20)26)24(16-6-3-15(4-7-16)5-8-23(31)32)17-11-18-13-29-30-25(18)22(27)12-17/h3-14H,2H2,1H3,(H,29,30)(H,31,32). The van der Waals surface area contributed by atoms with Gasteiger partial charge in [0.05, 0.1) is 11.2 Å². The number of carboxylic acids is 1. The van der Waals surface area contributed by atoms with Crippen LogP contribution in [0.5, 0.6) is 0 Å². The highest BCUT2D eigenvalue weighted by atomic mass is 35.5. The van der Waals surface area contributed by atoms with E-state index in [0.29, 0.717) is 27.9 Å². The molecule has 2 aromatic heterocycles. The Morgan fingerprint density at radius 3 is 2.62 bits per heavy atom. The fraction of sp³-hybridized carbons (Fsp3) is 0.0800. The maximum atomic E-state index is 14.9. The van der Waals surface area contributed by atoms with Gasteiger partial charge in [-0.15, -0.1) is 0 Å². The van der Waals surface area contributed by atoms with Crippen LogP contribution in [0.15, 0.2) is 67.1 Å². The minimum absolute atomic E-state index is 0.349. The summed E-state index contributed by atoms with van der Waals surface area (Å²) in [6.45, 7) is 2.02. The summed E-state index contributed by atoms with van der Waals surface area (Å²) in [5, 5.41) is 16.7. The van der Waals surface area contributed by atoms with Crippen molar-refractivity contribution >= 4 is 45.7 Å². The number of aliphatic carboxylic acids is 1. The van der Waals surface area contributed by atoms with Crippen molar-refractivity contribution in [2.45, 2.75) is 13.3 Å². The molecule has 0 spiro atoms. The van der Waals surface area contributed by atoms with E-state index in [2.05, 4.69) is 15.2 Å². The highest BCUT2D eigenvalue weighted by molar-refractivity contribution is 6.32. The van der Waals surface area contributed by atoms with Crippen molar-refractivity contribution in [1.29, 1.82) is 0 Å². The molecule has 4 aromatic rings. The van der Waals surface area contributed by atoms with E-state index >= 15 is 0 Å². The zero-order chi connectivity index (χ0) is 22.7. The number of nitrogens with one attached hydrogen (secondary N) is 1. The summed E-state index contributed by atoms with van der Waals surface area (Å²) in [5.41, 5.74) is 5.22. The van der Waals surface area contributed by atoms with Crippen molar-refractivity contribution in [2.24, 2.45) is 0 Å². The van der Waals surface area contributed by atoms with Gasteiger partial charge in [0.15, 0.2) is 0 Å². The van der Waals surface area contributed by atoms with Crippen LogP contribution >= 0.6 is 11.6 Å². The van der Waals surface area contributed by atoms with Crippen molar-refractivity contribution in [3.63, 3.8) is 0 Å². The third-order valence-corrected chi connectivity index (χ3v) is 5.46. The van der Waals surface area contributed by atoms with Gasteiger partial charge in [-0.2, -0.15) is 5.10 Å². The average Bonchev–Trinajstić information content (AvgIpc) is 3.26. The Hall–Kier alpha value is -3.77. The number of hydrogen-bond donors (Lipinski definition) is 2. The molecular weight excluding hydrogens is 429 g/mol. The second-order valence-electron chi connectivity index (χ2n) is 7.15. The van der Waals surface area contributed by atoms with Gasteiger partial charge in [0.2, 0.25) is 0 Å². The van der Waals surface area contributed by atoms with Crippen molar-refractivity contribution in [3.05, 3.63) is 100 Å². The molecule has 0 radical (unpaired) electrons. The van der Waals surface area contributed by atoms with Crippen LogP contribution in [0.2, 0.25) is 5.02 Å². The first-order chi connectivity index (χ1) is 15.5. The van der Waals surface area contributed by atoms with Crippen molar-refractivity contribution < 1.29 is 14.3 Å². The van der Waals surface area contributed by atoms with Crippen LogP contribution in [0, 0.1) is 5.82 Å². The number of aromatic amines is 1. The maximum Gasteiger partial charge on any atom is 0.328 e. The van der Waals surface area contributed by atoms with Crippen molar-refractivity contribution in [2.75, 3.05) is 0 Å². The number of carbonyl (C=O) groups is 1. The molecule has 0 unspecified atom stereocenters. The molecule has 0 atom stereocenters. The van der Waals surface area contributed by atoms with E-state index in [1.165, 1.54) is 12.1 Å². The summed E-state index contributed by atoms with van der Waals surface area (Å²) in [7, 11) is 0. The number of halogens is 2. The van der Waals surface area contributed by atoms with Crippen molar-refractivity contribution in [1.82, 2.24) is 15.2 Å². The molecule has 0 aliphatic carbocycles. The van der Waals surface area contributed by atoms with Gasteiger partial charge in [0.25, 0.3) is 0 Å². The minimum Gasteiger partial charge on any atom is -0.478 e. The summed E-state index contributed by atoms with van der Waals surface area (Å²) in [6, 6.07) is 12.6. The second-order valence-corrected chi connectivity index (χ2v) is 7.56. The van der Waals surface area contributed by atoms with Gasteiger partial charge in [0.1, 0.15) is 11.3 Å². The van der Waals surface area contributed by atoms with Crippen LogP contribution in [0.4, 0.5) is 4.39 Å². The zero-order valence-electron chi connectivity index (χ0n) is 17.1.